The topological polar surface area (TPSA) is 103 Å². The predicted molar refractivity (Wildman–Crippen MR) is 74.1 cm³/mol. The van der Waals surface area contributed by atoms with Crippen LogP contribution in [0.4, 0.5) is 5.69 Å². The lowest BCUT2D eigenvalue weighted by Crippen LogP contribution is -2.03. The van der Waals surface area contributed by atoms with Crippen LogP contribution in [0.2, 0.25) is 5.02 Å². The summed E-state index contributed by atoms with van der Waals surface area (Å²) in [5, 5.41) is 19.9. The van der Waals surface area contributed by atoms with Crippen molar-refractivity contribution in [3.63, 3.8) is 0 Å². The van der Waals surface area contributed by atoms with Crippen molar-refractivity contribution in [2.75, 3.05) is 0 Å². The Bertz CT molecular complexity index is 732. The van der Waals surface area contributed by atoms with E-state index in [1.54, 1.807) is 13.0 Å². The molecule has 0 aliphatic rings. The van der Waals surface area contributed by atoms with Crippen LogP contribution in [-0.4, -0.2) is 21.0 Å². The van der Waals surface area contributed by atoms with Crippen LogP contribution in [-0.2, 0) is 0 Å². The quantitative estimate of drug-likeness (QED) is 0.685. The first-order chi connectivity index (χ1) is 9.90. The average Bonchev–Trinajstić information content (AvgIpc) is 2.42. The first-order valence-electron chi connectivity index (χ1n) is 5.72. The van der Waals surface area contributed by atoms with Crippen LogP contribution in [0.15, 0.2) is 30.3 Å². The van der Waals surface area contributed by atoms with E-state index in [0.29, 0.717) is 5.56 Å². The number of carbonyl (C=O) groups is 1. The van der Waals surface area contributed by atoms with Crippen molar-refractivity contribution in [2.24, 2.45) is 0 Å². The van der Waals surface area contributed by atoms with Crippen LogP contribution in [0.1, 0.15) is 16.1 Å². The standard InChI is InChI=1S/C13H9ClN2O5/c1-7-3-2-4-9(16(19)20)12(7)21-10-6-5-8(14)11(15-10)13(17)18/h2-6H,1H3,(H,17,18). The minimum absolute atomic E-state index is 0.00802. The molecule has 0 aliphatic heterocycles. The fourth-order valence-corrected chi connectivity index (χ4v) is 1.84. The number of aromatic carboxylic acids is 1. The number of aromatic nitrogens is 1. The van der Waals surface area contributed by atoms with Gasteiger partial charge in [-0.1, -0.05) is 23.7 Å². The number of halogens is 1. The number of hydrogen-bond acceptors (Lipinski definition) is 5. The molecular weight excluding hydrogens is 300 g/mol. The van der Waals surface area contributed by atoms with E-state index in [1.807, 2.05) is 0 Å². The zero-order valence-electron chi connectivity index (χ0n) is 10.7. The summed E-state index contributed by atoms with van der Waals surface area (Å²) in [5.41, 5.74) is -0.0909. The Morgan fingerprint density at radius 3 is 2.71 bits per heavy atom. The molecule has 0 spiro atoms. The summed E-state index contributed by atoms with van der Waals surface area (Å²) < 4.78 is 5.37. The SMILES string of the molecule is Cc1cccc([N+](=O)[O-])c1Oc1ccc(Cl)c(C(=O)O)n1. The molecule has 0 amide bonds. The Hall–Kier alpha value is -2.67. The Morgan fingerprint density at radius 1 is 1.38 bits per heavy atom. The first kappa shape index (κ1) is 14.7. The van der Waals surface area contributed by atoms with Crippen molar-refractivity contribution >= 4 is 23.3 Å². The number of carboxylic acid groups (broad SMARTS) is 1. The molecule has 0 atom stereocenters. The smallest absolute Gasteiger partial charge is 0.356 e. The molecule has 7 nitrogen and oxygen atoms in total. The fraction of sp³-hybridized carbons (Fsp3) is 0.0769. The van der Waals surface area contributed by atoms with E-state index in [1.165, 1.54) is 24.3 Å². The molecule has 0 saturated heterocycles. The second-order valence-corrected chi connectivity index (χ2v) is 4.47. The minimum atomic E-state index is -1.32. The molecular formula is C13H9ClN2O5. The van der Waals surface area contributed by atoms with Gasteiger partial charge in [0.25, 0.3) is 0 Å². The molecule has 0 unspecified atom stereocenters. The third-order valence-electron chi connectivity index (χ3n) is 2.62. The normalized spacial score (nSPS) is 10.2. The molecule has 0 fully saturated rings. The van der Waals surface area contributed by atoms with E-state index >= 15 is 0 Å². The third-order valence-corrected chi connectivity index (χ3v) is 2.92. The molecule has 2 aromatic rings. The Balaban J connectivity index is 2.46. The lowest BCUT2D eigenvalue weighted by Gasteiger charge is -2.09. The van der Waals surface area contributed by atoms with Crippen molar-refractivity contribution in [1.82, 2.24) is 4.98 Å². The number of benzene rings is 1. The summed E-state index contributed by atoms with van der Waals surface area (Å²) in [4.78, 5) is 25.1. The van der Waals surface area contributed by atoms with Gasteiger partial charge < -0.3 is 9.84 Å². The molecule has 1 N–H and O–H groups in total. The number of pyridine rings is 1. The lowest BCUT2D eigenvalue weighted by atomic mass is 10.2. The van der Waals surface area contributed by atoms with E-state index in [-0.39, 0.29) is 28.0 Å². The number of hydrogen-bond donors (Lipinski definition) is 1. The summed E-state index contributed by atoms with van der Waals surface area (Å²) in [6.45, 7) is 1.64. The van der Waals surface area contributed by atoms with Gasteiger partial charge in [-0.25, -0.2) is 9.78 Å². The number of para-hydroxylation sites is 1. The zero-order valence-corrected chi connectivity index (χ0v) is 11.5. The maximum atomic E-state index is 11.0. The largest absolute Gasteiger partial charge is 0.476 e. The molecule has 1 heterocycles. The number of nitro groups is 1. The minimum Gasteiger partial charge on any atom is -0.476 e. The van der Waals surface area contributed by atoms with Gasteiger partial charge in [0.1, 0.15) is 0 Å². The second-order valence-electron chi connectivity index (χ2n) is 4.07. The van der Waals surface area contributed by atoms with Gasteiger partial charge in [0.05, 0.1) is 9.95 Å². The van der Waals surface area contributed by atoms with Gasteiger partial charge >= 0.3 is 11.7 Å². The molecule has 0 bridgehead atoms. The van der Waals surface area contributed by atoms with Crippen LogP contribution < -0.4 is 4.74 Å². The Morgan fingerprint density at radius 2 is 2.10 bits per heavy atom. The van der Waals surface area contributed by atoms with E-state index in [0.717, 1.165) is 0 Å². The van der Waals surface area contributed by atoms with Gasteiger partial charge in [0.15, 0.2) is 5.69 Å². The van der Waals surface area contributed by atoms with Crippen LogP contribution in [0.5, 0.6) is 11.6 Å². The highest BCUT2D eigenvalue weighted by atomic mass is 35.5. The van der Waals surface area contributed by atoms with Gasteiger partial charge in [-0.05, 0) is 18.6 Å². The molecule has 108 valence electrons. The fourth-order valence-electron chi connectivity index (χ4n) is 1.65. The highest BCUT2D eigenvalue weighted by Gasteiger charge is 2.19. The summed E-state index contributed by atoms with van der Waals surface area (Å²) in [6, 6.07) is 7.09. The summed E-state index contributed by atoms with van der Waals surface area (Å²) in [5.74, 6) is -1.40. The van der Waals surface area contributed by atoms with E-state index < -0.39 is 10.9 Å². The Labute approximate surface area is 123 Å². The number of aryl methyl sites for hydroxylation is 1. The molecule has 8 heteroatoms. The van der Waals surface area contributed by atoms with Gasteiger partial charge in [0.2, 0.25) is 11.6 Å². The molecule has 1 aromatic heterocycles. The van der Waals surface area contributed by atoms with Crippen molar-refractivity contribution in [2.45, 2.75) is 6.92 Å². The number of ether oxygens (including phenoxy) is 1. The van der Waals surface area contributed by atoms with Crippen molar-refractivity contribution in [1.29, 1.82) is 0 Å². The van der Waals surface area contributed by atoms with Gasteiger partial charge in [0, 0.05) is 12.1 Å². The molecule has 0 aliphatic carbocycles. The highest BCUT2D eigenvalue weighted by Crippen LogP contribution is 2.34. The monoisotopic (exact) mass is 308 g/mol. The first-order valence-corrected chi connectivity index (χ1v) is 6.09. The maximum absolute atomic E-state index is 11.0. The van der Waals surface area contributed by atoms with Crippen molar-refractivity contribution in [3.05, 3.63) is 56.7 Å². The molecule has 2 rings (SSSR count). The molecule has 21 heavy (non-hydrogen) atoms. The van der Waals surface area contributed by atoms with Gasteiger partial charge in [-0.2, -0.15) is 0 Å². The van der Waals surface area contributed by atoms with Gasteiger partial charge in [-0.15, -0.1) is 0 Å². The predicted octanol–water partition coefficient (Wildman–Crippen LogP) is 3.44. The van der Waals surface area contributed by atoms with Crippen LogP contribution >= 0.6 is 11.6 Å². The lowest BCUT2D eigenvalue weighted by molar-refractivity contribution is -0.385. The van der Waals surface area contributed by atoms with Gasteiger partial charge in [-0.3, -0.25) is 10.1 Å². The van der Waals surface area contributed by atoms with Crippen molar-refractivity contribution < 1.29 is 19.6 Å². The summed E-state index contributed by atoms with van der Waals surface area (Å²) >= 11 is 5.70. The number of nitrogens with zero attached hydrogens (tertiary/aromatic N) is 2. The highest BCUT2D eigenvalue weighted by molar-refractivity contribution is 6.33. The second kappa shape index (κ2) is 5.76. The van der Waals surface area contributed by atoms with Crippen molar-refractivity contribution in [3.8, 4) is 11.6 Å². The van der Waals surface area contributed by atoms with E-state index in [4.69, 9.17) is 21.4 Å². The molecule has 0 saturated carbocycles. The van der Waals surface area contributed by atoms with Crippen LogP contribution in [0.3, 0.4) is 0 Å². The summed E-state index contributed by atoms with van der Waals surface area (Å²) in [6.07, 6.45) is 0. The van der Waals surface area contributed by atoms with Crippen LogP contribution in [0.25, 0.3) is 0 Å². The average molecular weight is 309 g/mol. The van der Waals surface area contributed by atoms with Crippen LogP contribution in [0, 0.1) is 17.0 Å². The molecule has 0 radical (unpaired) electrons. The molecule has 1 aromatic carbocycles. The maximum Gasteiger partial charge on any atom is 0.356 e. The number of nitro benzene ring substituents is 1. The zero-order chi connectivity index (χ0) is 15.6. The van der Waals surface area contributed by atoms with E-state index in [2.05, 4.69) is 4.98 Å². The third kappa shape index (κ3) is 3.09. The summed E-state index contributed by atoms with van der Waals surface area (Å²) in [7, 11) is 0. The Kier molecular flexibility index (Phi) is 4.04. The number of carboxylic acids is 1. The van der Waals surface area contributed by atoms with E-state index in [9.17, 15) is 14.9 Å². The number of rotatable bonds is 4.